The first-order valence-electron chi connectivity index (χ1n) is 7.92. The molecule has 1 saturated heterocycles. The number of rotatable bonds is 4. The average molecular weight is 308 g/mol. The van der Waals surface area contributed by atoms with Crippen LogP contribution in [0, 0.1) is 23.0 Å². The maximum Gasteiger partial charge on any atom is 0.223 e. The molecule has 1 heterocycles. The van der Waals surface area contributed by atoms with Gasteiger partial charge in [0.15, 0.2) is 0 Å². The molecule has 1 saturated carbocycles. The van der Waals surface area contributed by atoms with Crippen LogP contribution < -0.4 is 10.6 Å². The van der Waals surface area contributed by atoms with Crippen LogP contribution in [0.2, 0.25) is 0 Å². The van der Waals surface area contributed by atoms with Gasteiger partial charge < -0.3 is 10.6 Å². The SMILES string of the molecule is CC1(CNC(=O)C2CC2c2cc(F)ccc2F)CCNCC1. The number of amides is 1. The van der Waals surface area contributed by atoms with Crippen LogP contribution in [0.25, 0.3) is 0 Å². The summed E-state index contributed by atoms with van der Waals surface area (Å²) in [6.07, 6.45) is 2.68. The molecular formula is C17H22F2N2O. The molecular weight excluding hydrogens is 286 g/mol. The Hall–Kier alpha value is -1.49. The molecule has 3 nitrogen and oxygen atoms in total. The van der Waals surface area contributed by atoms with E-state index in [0.29, 0.717) is 18.5 Å². The van der Waals surface area contributed by atoms with Gasteiger partial charge in [0.05, 0.1) is 0 Å². The summed E-state index contributed by atoms with van der Waals surface area (Å²) in [5, 5.41) is 6.32. The number of halogens is 2. The molecule has 1 aliphatic heterocycles. The summed E-state index contributed by atoms with van der Waals surface area (Å²) in [7, 11) is 0. The quantitative estimate of drug-likeness (QED) is 0.897. The lowest BCUT2D eigenvalue weighted by atomic mass is 9.81. The lowest BCUT2D eigenvalue weighted by Crippen LogP contribution is -2.43. The van der Waals surface area contributed by atoms with Crippen LogP contribution in [0.1, 0.15) is 37.7 Å². The first kappa shape index (κ1) is 15.4. The second-order valence-corrected chi connectivity index (χ2v) is 6.89. The Morgan fingerprint density at radius 3 is 2.82 bits per heavy atom. The van der Waals surface area contributed by atoms with Crippen LogP contribution in [0.15, 0.2) is 18.2 Å². The molecule has 1 aromatic carbocycles. The molecule has 0 radical (unpaired) electrons. The number of nitrogens with one attached hydrogen (secondary N) is 2. The van der Waals surface area contributed by atoms with Gasteiger partial charge in [-0.3, -0.25) is 4.79 Å². The monoisotopic (exact) mass is 308 g/mol. The van der Waals surface area contributed by atoms with E-state index < -0.39 is 11.6 Å². The Kier molecular flexibility index (Phi) is 4.17. The zero-order valence-electron chi connectivity index (χ0n) is 12.8. The minimum atomic E-state index is -0.454. The zero-order valence-corrected chi connectivity index (χ0v) is 12.8. The van der Waals surface area contributed by atoms with Crippen LogP contribution in [0.4, 0.5) is 8.78 Å². The second kappa shape index (κ2) is 5.95. The van der Waals surface area contributed by atoms with Crippen LogP contribution in [-0.4, -0.2) is 25.5 Å². The van der Waals surface area contributed by atoms with E-state index in [4.69, 9.17) is 0 Å². The summed E-state index contributed by atoms with van der Waals surface area (Å²) < 4.78 is 27.0. The molecule has 3 rings (SSSR count). The Labute approximate surface area is 129 Å². The maximum atomic E-state index is 13.7. The van der Waals surface area contributed by atoms with Crippen molar-refractivity contribution in [2.45, 2.75) is 32.1 Å². The molecule has 0 spiro atoms. The molecule has 2 aliphatic rings. The van der Waals surface area contributed by atoms with E-state index in [0.717, 1.165) is 38.1 Å². The molecule has 2 N–H and O–H groups in total. The van der Waals surface area contributed by atoms with Crippen molar-refractivity contribution in [1.29, 1.82) is 0 Å². The van der Waals surface area contributed by atoms with Gasteiger partial charge in [0.2, 0.25) is 5.91 Å². The van der Waals surface area contributed by atoms with Gasteiger partial charge in [0, 0.05) is 12.5 Å². The Morgan fingerprint density at radius 2 is 2.09 bits per heavy atom. The fraction of sp³-hybridized carbons (Fsp3) is 0.588. The Bertz CT molecular complexity index is 570. The first-order valence-corrected chi connectivity index (χ1v) is 7.92. The van der Waals surface area contributed by atoms with Crippen molar-refractivity contribution in [3.8, 4) is 0 Å². The molecule has 2 fully saturated rings. The van der Waals surface area contributed by atoms with Crippen molar-refractivity contribution in [2.75, 3.05) is 19.6 Å². The predicted octanol–water partition coefficient (Wildman–Crippen LogP) is 2.57. The molecule has 120 valence electrons. The van der Waals surface area contributed by atoms with Gasteiger partial charge in [-0.05, 0) is 67.4 Å². The van der Waals surface area contributed by atoms with Crippen LogP contribution in [0.5, 0.6) is 0 Å². The standard InChI is InChI=1S/C17H22F2N2O/c1-17(4-6-20-7-5-17)10-21-16(22)14-9-12(14)13-8-11(18)2-3-15(13)19/h2-3,8,12,14,20H,4-7,9-10H2,1H3,(H,21,22). The molecule has 2 unspecified atom stereocenters. The number of benzene rings is 1. The fourth-order valence-corrected chi connectivity index (χ4v) is 3.27. The number of carbonyl (C=O) groups excluding carboxylic acids is 1. The van der Waals surface area contributed by atoms with E-state index in [1.54, 1.807) is 0 Å². The van der Waals surface area contributed by atoms with Gasteiger partial charge in [-0.15, -0.1) is 0 Å². The van der Waals surface area contributed by atoms with E-state index in [1.807, 2.05) is 0 Å². The minimum Gasteiger partial charge on any atom is -0.355 e. The minimum absolute atomic E-state index is 0.0339. The van der Waals surface area contributed by atoms with Crippen LogP contribution in [-0.2, 0) is 4.79 Å². The summed E-state index contributed by atoms with van der Waals surface area (Å²) >= 11 is 0. The van der Waals surface area contributed by atoms with E-state index in [9.17, 15) is 13.6 Å². The highest BCUT2D eigenvalue weighted by Crippen LogP contribution is 2.48. The van der Waals surface area contributed by atoms with E-state index in [2.05, 4.69) is 17.6 Å². The third-order valence-electron chi connectivity index (χ3n) is 4.98. The van der Waals surface area contributed by atoms with Crippen molar-refractivity contribution in [3.63, 3.8) is 0 Å². The van der Waals surface area contributed by atoms with Crippen molar-refractivity contribution in [3.05, 3.63) is 35.4 Å². The summed E-state index contributed by atoms with van der Waals surface area (Å²) in [4.78, 5) is 12.2. The number of hydrogen-bond acceptors (Lipinski definition) is 2. The van der Waals surface area contributed by atoms with Crippen molar-refractivity contribution < 1.29 is 13.6 Å². The van der Waals surface area contributed by atoms with Crippen molar-refractivity contribution >= 4 is 5.91 Å². The van der Waals surface area contributed by atoms with Gasteiger partial charge in [-0.25, -0.2) is 8.78 Å². The summed E-state index contributed by atoms with van der Waals surface area (Å²) in [6, 6.07) is 3.45. The highest BCUT2D eigenvalue weighted by Gasteiger charge is 2.45. The predicted molar refractivity (Wildman–Crippen MR) is 80.4 cm³/mol. The molecule has 0 aromatic heterocycles. The van der Waals surface area contributed by atoms with Crippen molar-refractivity contribution in [2.24, 2.45) is 11.3 Å². The molecule has 5 heteroatoms. The van der Waals surface area contributed by atoms with Crippen LogP contribution in [0.3, 0.4) is 0 Å². The van der Waals surface area contributed by atoms with E-state index in [1.165, 1.54) is 6.07 Å². The lowest BCUT2D eigenvalue weighted by molar-refractivity contribution is -0.123. The first-order chi connectivity index (χ1) is 10.5. The number of carbonyl (C=O) groups is 1. The number of hydrogen-bond donors (Lipinski definition) is 2. The highest BCUT2D eigenvalue weighted by molar-refractivity contribution is 5.82. The van der Waals surface area contributed by atoms with Gasteiger partial charge in [-0.2, -0.15) is 0 Å². The van der Waals surface area contributed by atoms with Gasteiger partial charge in [0.25, 0.3) is 0 Å². The van der Waals surface area contributed by atoms with Crippen LogP contribution >= 0.6 is 0 Å². The van der Waals surface area contributed by atoms with Crippen molar-refractivity contribution in [1.82, 2.24) is 10.6 Å². The Morgan fingerprint density at radius 1 is 1.36 bits per heavy atom. The van der Waals surface area contributed by atoms with Gasteiger partial charge >= 0.3 is 0 Å². The third-order valence-corrected chi connectivity index (χ3v) is 4.98. The second-order valence-electron chi connectivity index (χ2n) is 6.89. The summed E-state index contributed by atoms with van der Waals surface area (Å²) in [5.74, 6) is -1.32. The number of piperidine rings is 1. The largest absolute Gasteiger partial charge is 0.355 e. The normalized spacial score (nSPS) is 26.5. The van der Waals surface area contributed by atoms with Gasteiger partial charge in [-0.1, -0.05) is 6.92 Å². The topological polar surface area (TPSA) is 41.1 Å². The van der Waals surface area contributed by atoms with E-state index in [-0.39, 0.29) is 23.2 Å². The maximum absolute atomic E-state index is 13.7. The summed E-state index contributed by atoms with van der Waals surface area (Å²) in [6.45, 7) is 4.80. The van der Waals surface area contributed by atoms with Gasteiger partial charge in [0.1, 0.15) is 11.6 Å². The molecule has 22 heavy (non-hydrogen) atoms. The average Bonchev–Trinajstić information content (AvgIpc) is 3.29. The molecule has 1 aliphatic carbocycles. The fourth-order valence-electron chi connectivity index (χ4n) is 3.27. The summed E-state index contributed by atoms with van der Waals surface area (Å²) in [5.41, 5.74) is 0.461. The molecule has 0 bridgehead atoms. The lowest BCUT2D eigenvalue weighted by Gasteiger charge is -2.34. The highest BCUT2D eigenvalue weighted by atomic mass is 19.1. The smallest absolute Gasteiger partial charge is 0.223 e. The molecule has 1 aromatic rings. The molecule has 2 atom stereocenters. The van der Waals surface area contributed by atoms with E-state index >= 15 is 0 Å². The third kappa shape index (κ3) is 3.29. The Balaban J connectivity index is 1.55. The molecule has 1 amide bonds. The zero-order chi connectivity index (χ0) is 15.7.